The number of amides is 1. The van der Waals surface area contributed by atoms with Crippen LogP contribution in [0.3, 0.4) is 0 Å². The number of ketones is 1. The van der Waals surface area contributed by atoms with Gasteiger partial charge in [-0.1, -0.05) is 48.5 Å². The molecule has 0 fully saturated rings. The summed E-state index contributed by atoms with van der Waals surface area (Å²) < 4.78 is 0. The molecule has 3 rings (SSSR count). The van der Waals surface area contributed by atoms with E-state index in [1.54, 1.807) is 49.4 Å². The van der Waals surface area contributed by atoms with Crippen LogP contribution in [-0.4, -0.2) is 16.8 Å². The van der Waals surface area contributed by atoms with Crippen LogP contribution in [0, 0.1) is 0 Å². The van der Waals surface area contributed by atoms with E-state index in [1.807, 2.05) is 24.3 Å². The second-order valence-electron chi connectivity index (χ2n) is 6.08. The highest BCUT2D eigenvalue weighted by Crippen LogP contribution is 2.21. The standard InChI is InChI=1S/C22H19NO3/c1-15(22(26)23-19-10-12-20(24)13-11-19)17-8-5-9-18(14-17)21(25)16-6-3-2-4-7-16/h2-15,24H,1H3,(H,23,26)/t15-/m0/s1. The van der Waals surface area contributed by atoms with Gasteiger partial charge in [-0.2, -0.15) is 0 Å². The fraction of sp³-hybridized carbons (Fsp3) is 0.0909. The van der Waals surface area contributed by atoms with Crippen molar-refractivity contribution in [2.45, 2.75) is 12.8 Å². The Balaban J connectivity index is 1.77. The minimum Gasteiger partial charge on any atom is -0.508 e. The fourth-order valence-corrected chi connectivity index (χ4v) is 2.65. The van der Waals surface area contributed by atoms with Gasteiger partial charge >= 0.3 is 0 Å². The van der Waals surface area contributed by atoms with Crippen molar-refractivity contribution in [2.75, 3.05) is 5.32 Å². The van der Waals surface area contributed by atoms with Crippen LogP contribution in [0.25, 0.3) is 0 Å². The van der Waals surface area contributed by atoms with E-state index in [0.717, 1.165) is 5.56 Å². The molecule has 130 valence electrons. The van der Waals surface area contributed by atoms with Gasteiger partial charge in [0, 0.05) is 16.8 Å². The molecule has 0 radical (unpaired) electrons. The summed E-state index contributed by atoms with van der Waals surface area (Å²) in [5.41, 5.74) is 2.54. The number of benzene rings is 3. The van der Waals surface area contributed by atoms with Crippen molar-refractivity contribution in [2.24, 2.45) is 0 Å². The maximum absolute atomic E-state index is 12.6. The van der Waals surface area contributed by atoms with E-state index in [1.165, 1.54) is 12.1 Å². The van der Waals surface area contributed by atoms with E-state index in [0.29, 0.717) is 16.8 Å². The van der Waals surface area contributed by atoms with Gasteiger partial charge in [-0.3, -0.25) is 9.59 Å². The summed E-state index contributed by atoms with van der Waals surface area (Å²) in [4.78, 5) is 25.1. The molecule has 3 aromatic rings. The van der Waals surface area contributed by atoms with Crippen molar-refractivity contribution in [3.63, 3.8) is 0 Å². The van der Waals surface area contributed by atoms with Gasteiger partial charge in [0.1, 0.15) is 5.75 Å². The number of anilines is 1. The zero-order chi connectivity index (χ0) is 18.5. The maximum Gasteiger partial charge on any atom is 0.231 e. The normalized spacial score (nSPS) is 11.6. The number of hydrogen-bond donors (Lipinski definition) is 2. The molecule has 4 heteroatoms. The first-order valence-electron chi connectivity index (χ1n) is 8.34. The number of carbonyl (C=O) groups is 2. The molecule has 0 aliphatic rings. The lowest BCUT2D eigenvalue weighted by Crippen LogP contribution is -2.19. The Morgan fingerprint density at radius 1 is 0.846 bits per heavy atom. The van der Waals surface area contributed by atoms with E-state index >= 15 is 0 Å². The summed E-state index contributed by atoms with van der Waals surface area (Å²) in [6.45, 7) is 1.79. The molecule has 0 saturated heterocycles. The molecule has 3 aromatic carbocycles. The molecule has 1 atom stereocenters. The first-order chi connectivity index (χ1) is 12.5. The van der Waals surface area contributed by atoms with Gasteiger partial charge in [0.15, 0.2) is 5.78 Å². The second-order valence-corrected chi connectivity index (χ2v) is 6.08. The van der Waals surface area contributed by atoms with Crippen LogP contribution in [-0.2, 0) is 4.79 Å². The minimum atomic E-state index is -0.424. The lowest BCUT2D eigenvalue weighted by atomic mass is 9.95. The van der Waals surface area contributed by atoms with Gasteiger partial charge in [-0.05, 0) is 42.8 Å². The van der Waals surface area contributed by atoms with Crippen LogP contribution in [0.5, 0.6) is 5.75 Å². The van der Waals surface area contributed by atoms with Gasteiger partial charge in [-0.15, -0.1) is 0 Å². The predicted octanol–water partition coefficient (Wildman–Crippen LogP) is 4.37. The summed E-state index contributed by atoms with van der Waals surface area (Å²) in [7, 11) is 0. The van der Waals surface area contributed by atoms with Crippen molar-refractivity contribution in [1.29, 1.82) is 0 Å². The summed E-state index contributed by atoms with van der Waals surface area (Å²) in [5.74, 6) is -0.533. The lowest BCUT2D eigenvalue weighted by molar-refractivity contribution is -0.117. The molecule has 26 heavy (non-hydrogen) atoms. The molecule has 0 saturated carbocycles. The highest BCUT2D eigenvalue weighted by atomic mass is 16.3. The monoisotopic (exact) mass is 345 g/mol. The van der Waals surface area contributed by atoms with Crippen LogP contribution in [0.15, 0.2) is 78.9 Å². The number of phenolic OH excluding ortho intramolecular Hbond substituents is 1. The molecule has 0 aliphatic heterocycles. The van der Waals surface area contributed by atoms with Crippen molar-refractivity contribution in [3.8, 4) is 5.75 Å². The SMILES string of the molecule is C[C@H](C(=O)Nc1ccc(O)cc1)c1cccc(C(=O)c2ccccc2)c1. The van der Waals surface area contributed by atoms with Gasteiger partial charge < -0.3 is 10.4 Å². The topological polar surface area (TPSA) is 66.4 Å². The highest BCUT2D eigenvalue weighted by Gasteiger charge is 2.17. The summed E-state index contributed by atoms with van der Waals surface area (Å²) in [6.07, 6.45) is 0. The van der Waals surface area contributed by atoms with Crippen LogP contribution in [0.4, 0.5) is 5.69 Å². The Hall–Kier alpha value is -3.40. The average Bonchev–Trinajstić information content (AvgIpc) is 2.69. The van der Waals surface area contributed by atoms with E-state index in [4.69, 9.17) is 0 Å². The molecule has 2 N–H and O–H groups in total. The molecule has 0 unspecified atom stereocenters. The van der Waals surface area contributed by atoms with Crippen LogP contribution in [0.1, 0.15) is 34.3 Å². The van der Waals surface area contributed by atoms with Gasteiger partial charge in [0.2, 0.25) is 5.91 Å². The van der Waals surface area contributed by atoms with Gasteiger partial charge in [-0.25, -0.2) is 0 Å². The largest absolute Gasteiger partial charge is 0.508 e. The third-order valence-electron chi connectivity index (χ3n) is 4.21. The summed E-state index contributed by atoms with van der Waals surface area (Å²) >= 11 is 0. The minimum absolute atomic E-state index is 0.0707. The second kappa shape index (κ2) is 7.66. The predicted molar refractivity (Wildman–Crippen MR) is 101 cm³/mol. The first kappa shape index (κ1) is 17.4. The van der Waals surface area contributed by atoms with E-state index in [9.17, 15) is 14.7 Å². The number of nitrogens with one attached hydrogen (secondary N) is 1. The number of hydrogen-bond acceptors (Lipinski definition) is 3. The molecule has 0 aromatic heterocycles. The van der Waals surface area contributed by atoms with Crippen LogP contribution in [0.2, 0.25) is 0 Å². The number of rotatable bonds is 5. The number of aromatic hydroxyl groups is 1. The molecular weight excluding hydrogens is 326 g/mol. The Morgan fingerprint density at radius 3 is 2.19 bits per heavy atom. The van der Waals surface area contributed by atoms with Crippen molar-refractivity contribution in [1.82, 2.24) is 0 Å². The Kier molecular flexibility index (Phi) is 5.13. The molecule has 0 aliphatic carbocycles. The molecule has 4 nitrogen and oxygen atoms in total. The molecule has 0 heterocycles. The molecule has 0 bridgehead atoms. The lowest BCUT2D eigenvalue weighted by Gasteiger charge is -2.14. The fourth-order valence-electron chi connectivity index (χ4n) is 2.65. The van der Waals surface area contributed by atoms with Crippen LogP contribution >= 0.6 is 0 Å². The van der Waals surface area contributed by atoms with Crippen molar-refractivity contribution < 1.29 is 14.7 Å². The van der Waals surface area contributed by atoms with E-state index < -0.39 is 5.92 Å². The first-order valence-corrected chi connectivity index (χ1v) is 8.34. The Bertz CT molecular complexity index is 918. The summed E-state index contributed by atoms with van der Waals surface area (Å²) in [6, 6.07) is 22.5. The van der Waals surface area contributed by atoms with Gasteiger partial charge in [0.25, 0.3) is 0 Å². The van der Waals surface area contributed by atoms with Crippen molar-refractivity contribution >= 4 is 17.4 Å². The quantitative estimate of drug-likeness (QED) is 0.533. The zero-order valence-electron chi connectivity index (χ0n) is 14.3. The Morgan fingerprint density at radius 2 is 1.50 bits per heavy atom. The number of phenols is 1. The smallest absolute Gasteiger partial charge is 0.231 e. The Labute approximate surface area is 152 Å². The van der Waals surface area contributed by atoms with Gasteiger partial charge in [0.05, 0.1) is 5.92 Å². The average molecular weight is 345 g/mol. The highest BCUT2D eigenvalue weighted by molar-refractivity contribution is 6.09. The molecule has 0 spiro atoms. The van der Waals surface area contributed by atoms with E-state index in [2.05, 4.69) is 5.32 Å². The summed E-state index contributed by atoms with van der Waals surface area (Å²) in [5, 5.41) is 12.1. The third kappa shape index (κ3) is 3.98. The molecule has 1 amide bonds. The van der Waals surface area contributed by atoms with Crippen molar-refractivity contribution in [3.05, 3.63) is 95.6 Å². The van der Waals surface area contributed by atoms with E-state index in [-0.39, 0.29) is 17.4 Å². The maximum atomic E-state index is 12.6. The molecular formula is C22H19NO3. The van der Waals surface area contributed by atoms with Crippen LogP contribution < -0.4 is 5.32 Å². The zero-order valence-corrected chi connectivity index (χ0v) is 14.3. The number of carbonyl (C=O) groups excluding carboxylic acids is 2. The third-order valence-corrected chi connectivity index (χ3v) is 4.21.